The van der Waals surface area contributed by atoms with Gasteiger partial charge in [0.1, 0.15) is 23.9 Å². The van der Waals surface area contributed by atoms with Crippen molar-refractivity contribution in [1.29, 1.82) is 0 Å². The lowest BCUT2D eigenvalue weighted by molar-refractivity contribution is -0.143. The number of carboxylic acids is 1. The standard InChI is InChI=1S/C22H34N8O7/c1-11(28-19(34)14(23)3-2-8-27-22(25)26)18(33)29-15(9-12-4-6-13(31)7-5-12)20(35)30-16(21(36)37)10-17(24)32/h4-7,11,14-16,31H,2-3,8-10,23H2,1H3,(H2,24,32)(H,28,34)(H,29,33)(H,30,35)(H,36,37)(H4,25,26,27). The lowest BCUT2D eigenvalue weighted by Crippen LogP contribution is -2.57. The molecule has 0 radical (unpaired) electrons. The van der Waals surface area contributed by atoms with E-state index in [1.54, 1.807) is 0 Å². The zero-order valence-corrected chi connectivity index (χ0v) is 20.3. The number of carboxylic acid groups (broad SMARTS) is 1. The average Bonchev–Trinajstić information content (AvgIpc) is 2.81. The van der Waals surface area contributed by atoms with Gasteiger partial charge in [0, 0.05) is 13.0 Å². The summed E-state index contributed by atoms with van der Waals surface area (Å²) in [5.74, 6) is -4.80. The van der Waals surface area contributed by atoms with Gasteiger partial charge in [-0.2, -0.15) is 0 Å². The van der Waals surface area contributed by atoms with Crippen molar-refractivity contribution in [3.05, 3.63) is 29.8 Å². The molecule has 37 heavy (non-hydrogen) atoms. The van der Waals surface area contributed by atoms with Gasteiger partial charge in [-0.1, -0.05) is 12.1 Å². The number of primary amides is 1. The first-order valence-corrected chi connectivity index (χ1v) is 11.3. The Morgan fingerprint density at radius 2 is 1.51 bits per heavy atom. The maximum absolute atomic E-state index is 12.9. The summed E-state index contributed by atoms with van der Waals surface area (Å²) in [4.78, 5) is 64.4. The molecule has 4 atom stereocenters. The van der Waals surface area contributed by atoms with Crippen molar-refractivity contribution in [2.75, 3.05) is 6.54 Å². The summed E-state index contributed by atoms with van der Waals surface area (Å²) in [5, 5.41) is 25.9. The Bertz CT molecular complexity index is 995. The fourth-order valence-electron chi connectivity index (χ4n) is 3.08. The third-order valence-corrected chi connectivity index (χ3v) is 5.09. The number of nitrogens with zero attached hydrogens (tertiary/aromatic N) is 1. The van der Waals surface area contributed by atoms with E-state index in [-0.39, 0.29) is 31.1 Å². The van der Waals surface area contributed by atoms with Gasteiger partial charge < -0.3 is 49.1 Å². The SMILES string of the molecule is CC(NC(=O)C(N)CCCN=C(N)N)C(=O)NC(Cc1ccc(O)cc1)C(=O)NC(CC(N)=O)C(=O)O. The number of hydrogen-bond acceptors (Lipinski definition) is 8. The molecule has 204 valence electrons. The summed E-state index contributed by atoms with van der Waals surface area (Å²) in [6, 6.07) is 0.808. The second-order valence-electron chi connectivity index (χ2n) is 8.29. The number of carbonyl (C=O) groups is 5. The summed E-state index contributed by atoms with van der Waals surface area (Å²) in [6.07, 6.45) is -0.0719. The van der Waals surface area contributed by atoms with Gasteiger partial charge in [-0.05, 0) is 37.5 Å². The summed E-state index contributed by atoms with van der Waals surface area (Å²) in [7, 11) is 0. The number of phenols is 1. The number of hydrogen-bond donors (Lipinski definition) is 9. The molecule has 1 aromatic carbocycles. The van der Waals surface area contributed by atoms with Crippen molar-refractivity contribution in [3.63, 3.8) is 0 Å². The van der Waals surface area contributed by atoms with E-state index >= 15 is 0 Å². The van der Waals surface area contributed by atoms with Gasteiger partial charge in [0.2, 0.25) is 23.6 Å². The van der Waals surface area contributed by atoms with Crippen LogP contribution >= 0.6 is 0 Å². The highest BCUT2D eigenvalue weighted by Crippen LogP contribution is 2.12. The minimum atomic E-state index is -1.61. The van der Waals surface area contributed by atoms with Crippen molar-refractivity contribution in [2.45, 2.75) is 56.8 Å². The van der Waals surface area contributed by atoms with Crippen LogP contribution in [0.4, 0.5) is 0 Å². The third kappa shape index (κ3) is 11.7. The molecule has 1 rings (SSSR count). The lowest BCUT2D eigenvalue weighted by atomic mass is 10.0. The van der Waals surface area contributed by atoms with E-state index in [4.69, 9.17) is 22.9 Å². The highest BCUT2D eigenvalue weighted by molar-refractivity contribution is 5.94. The van der Waals surface area contributed by atoms with Crippen molar-refractivity contribution in [3.8, 4) is 5.75 Å². The number of aliphatic carboxylic acids is 1. The molecule has 0 saturated carbocycles. The molecule has 0 aliphatic heterocycles. The zero-order chi connectivity index (χ0) is 28.1. The molecular formula is C22H34N8O7. The maximum Gasteiger partial charge on any atom is 0.326 e. The number of aromatic hydroxyl groups is 1. The molecule has 15 heteroatoms. The minimum absolute atomic E-state index is 0.0211. The van der Waals surface area contributed by atoms with Crippen molar-refractivity contribution in [1.82, 2.24) is 16.0 Å². The minimum Gasteiger partial charge on any atom is -0.508 e. The number of guanidine groups is 1. The molecule has 0 spiro atoms. The number of nitrogens with one attached hydrogen (secondary N) is 3. The number of amides is 4. The largest absolute Gasteiger partial charge is 0.508 e. The molecule has 0 bridgehead atoms. The van der Waals surface area contributed by atoms with Crippen molar-refractivity contribution in [2.24, 2.45) is 27.9 Å². The number of aliphatic imine (C=N–C) groups is 1. The van der Waals surface area contributed by atoms with Crippen LogP contribution in [0.2, 0.25) is 0 Å². The van der Waals surface area contributed by atoms with E-state index in [2.05, 4.69) is 20.9 Å². The molecule has 0 heterocycles. The van der Waals surface area contributed by atoms with Gasteiger partial charge in [-0.15, -0.1) is 0 Å². The molecule has 4 amide bonds. The van der Waals surface area contributed by atoms with Gasteiger partial charge in [0.05, 0.1) is 12.5 Å². The normalized spacial score (nSPS) is 13.8. The Morgan fingerprint density at radius 3 is 2.05 bits per heavy atom. The fourth-order valence-corrected chi connectivity index (χ4v) is 3.08. The van der Waals surface area contributed by atoms with Crippen LogP contribution in [0.3, 0.4) is 0 Å². The molecule has 0 saturated heterocycles. The summed E-state index contributed by atoms with van der Waals surface area (Å²) in [5.41, 5.74) is 21.9. The maximum atomic E-state index is 12.9. The molecular weight excluding hydrogens is 488 g/mol. The van der Waals surface area contributed by atoms with Gasteiger partial charge >= 0.3 is 5.97 Å². The predicted octanol–water partition coefficient (Wildman–Crippen LogP) is -3.25. The quantitative estimate of drug-likeness (QED) is 0.0630. The number of rotatable bonds is 15. The number of benzene rings is 1. The molecule has 13 N–H and O–H groups in total. The second-order valence-corrected chi connectivity index (χ2v) is 8.29. The molecule has 0 aliphatic carbocycles. The molecule has 15 nitrogen and oxygen atoms in total. The second kappa shape index (κ2) is 14.9. The monoisotopic (exact) mass is 522 g/mol. The van der Waals surface area contributed by atoms with Gasteiger partial charge in [-0.3, -0.25) is 24.2 Å². The Hall–Kier alpha value is -4.40. The Kier molecular flexibility index (Phi) is 12.3. The first kappa shape index (κ1) is 30.6. The van der Waals surface area contributed by atoms with Crippen molar-refractivity contribution < 1.29 is 34.2 Å². The zero-order valence-electron chi connectivity index (χ0n) is 20.3. The average molecular weight is 523 g/mol. The number of carbonyl (C=O) groups excluding carboxylic acids is 4. The van der Waals surface area contributed by atoms with Crippen LogP contribution in [0.1, 0.15) is 31.7 Å². The van der Waals surface area contributed by atoms with Crippen molar-refractivity contribution >= 4 is 35.6 Å². The summed E-state index contributed by atoms with van der Waals surface area (Å²) >= 11 is 0. The number of nitrogens with two attached hydrogens (primary N) is 4. The van der Waals surface area contributed by atoms with Crippen LogP contribution in [-0.2, 0) is 30.4 Å². The van der Waals surface area contributed by atoms with E-state index in [9.17, 15) is 34.2 Å². The van der Waals surface area contributed by atoms with Crippen LogP contribution in [0.15, 0.2) is 29.3 Å². The van der Waals surface area contributed by atoms with Gasteiger partial charge in [-0.25, -0.2) is 4.79 Å². The molecule has 0 fully saturated rings. The molecule has 0 aromatic heterocycles. The third-order valence-electron chi connectivity index (χ3n) is 5.09. The first-order chi connectivity index (χ1) is 17.3. The van der Waals surface area contributed by atoms with Gasteiger partial charge in [0.15, 0.2) is 5.96 Å². The summed E-state index contributed by atoms with van der Waals surface area (Å²) in [6.45, 7) is 1.66. The highest BCUT2D eigenvalue weighted by atomic mass is 16.4. The molecule has 4 unspecified atom stereocenters. The number of phenolic OH excluding ortho intramolecular Hbond substituents is 1. The van der Waals surface area contributed by atoms with E-state index in [0.717, 1.165) is 0 Å². The van der Waals surface area contributed by atoms with Gasteiger partial charge in [0.25, 0.3) is 0 Å². The van der Waals surface area contributed by atoms with Crippen LogP contribution in [0.25, 0.3) is 0 Å². The summed E-state index contributed by atoms with van der Waals surface area (Å²) < 4.78 is 0. The lowest BCUT2D eigenvalue weighted by Gasteiger charge is -2.23. The highest BCUT2D eigenvalue weighted by Gasteiger charge is 2.29. The van der Waals surface area contributed by atoms with E-state index in [0.29, 0.717) is 12.0 Å². The predicted molar refractivity (Wildman–Crippen MR) is 133 cm³/mol. The smallest absolute Gasteiger partial charge is 0.326 e. The fraction of sp³-hybridized carbons (Fsp3) is 0.455. The van der Waals surface area contributed by atoms with Crippen LogP contribution in [0.5, 0.6) is 5.75 Å². The Morgan fingerprint density at radius 1 is 0.919 bits per heavy atom. The van der Waals surface area contributed by atoms with E-state index < -0.39 is 60.2 Å². The van der Waals surface area contributed by atoms with Crippen LogP contribution in [0, 0.1) is 0 Å². The molecule has 0 aliphatic rings. The Labute approximate surface area is 213 Å². The topological polar surface area (TPSA) is 278 Å². The van der Waals surface area contributed by atoms with E-state index in [1.807, 2.05) is 0 Å². The molecule has 1 aromatic rings. The first-order valence-electron chi connectivity index (χ1n) is 11.3. The van der Waals surface area contributed by atoms with Crippen LogP contribution in [-0.4, -0.2) is 76.5 Å². The van der Waals surface area contributed by atoms with E-state index in [1.165, 1.54) is 31.2 Å². The Balaban J connectivity index is 2.89. The van der Waals surface area contributed by atoms with Crippen LogP contribution < -0.4 is 38.9 Å².